The van der Waals surface area contributed by atoms with Crippen LogP contribution in [0.5, 0.6) is 5.75 Å². The molecule has 2 aromatic heterocycles. The van der Waals surface area contributed by atoms with Gasteiger partial charge < -0.3 is 15.4 Å². The van der Waals surface area contributed by atoms with Crippen LogP contribution in [0, 0.1) is 0 Å². The Bertz CT molecular complexity index is 987. The van der Waals surface area contributed by atoms with Gasteiger partial charge in [0.25, 0.3) is 0 Å². The van der Waals surface area contributed by atoms with Crippen LogP contribution in [-0.4, -0.2) is 48.8 Å². The summed E-state index contributed by atoms with van der Waals surface area (Å²) in [5.41, 5.74) is 0. The zero-order chi connectivity index (χ0) is 20.4. The van der Waals surface area contributed by atoms with Gasteiger partial charge in [-0.05, 0) is 24.3 Å². The maximum Gasteiger partial charge on any atom is 0.215 e. The van der Waals surface area contributed by atoms with Crippen LogP contribution >= 0.6 is 0 Å². The minimum Gasteiger partial charge on any atom is -0.492 e. The van der Waals surface area contributed by atoms with Gasteiger partial charge >= 0.3 is 0 Å². The van der Waals surface area contributed by atoms with E-state index in [4.69, 9.17) is 4.74 Å². The summed E-state index contributed by atoms with van der Waals surface area (Å²) in [4.78, 5) is 12.4. The van der Waals surface area contributed by atoms with Crippen molar-refractivity contribution >= 4 is 27.5 Å². The molecule has 3 aromatic rings. The van der Waals surface area contributed by atoms with Gasteiger partial charge in [-0.3, -0.25) is 0 Å². The molecule has 1 aromatic carbocycles. The summed E-state index contributed by atoms with van der Waals surface area (Å²) in [6.45, 7) is 0.681. The van der Waals surface area contributed by atoms with E-state index >= 15 is 0 Å². The Morgan fingerprint density at radius 1 is 0.862 bits per heavy atom. The maximum atomic E-state index is 12.0. The summed E-state index contributed by atoms with van der Waals surface area (Å²) < 4.78 is 32.0. The number of pyridine rings is 1. The molecule has 0 amide bonds. The smallest absolute Gasteiger partial charge is 0.215 e. The Hall–Kier alpha value is -3.24. The number of anilines is 3. The molecule has 9 nitrogen and oxygen atoms in total. The van der Waals surface area contributed by atoms with E-state index < -0.39 is 10.0 Å². The molecule has 0 saturated carbocycles. The third-order valence-electron chi connectivity index (χ3n) is 3.71. The van der Waals surface area contributed by atoms with Gasteiger partial charge in [0.05, 0.1) is 5.75 Å². The minimum atomic E-state index is -3.42. The van der Waals surface area contributed by atoms with Gasteiger partial charge in [-0.15, -0.1) is 0 Å². The van der Waals surface area contributed by atoms with E-state index in [1.807, 2.05) is 36.4 Å². The molecule has 0 fully saturated rings. The lowest BCUT2D eigenvalue weighted by Crippen LogP contribution is -2.32. The van der Waals surface area contributed by atoms with Gasteiger partial charge in [-0.2, -0.15) is 0 Å². The van der Waals surface area contributed by atoms with Gasteiger partial charge in [0.15, 0.2) is 0 Å². The Balaban J connectivity index is 1.38. The van der Waals surface area contributed by atoms with Crippen LogP contribution < -0.4 is 20.1 Å². The Morgan fingerprint density at radius 3 is 2.45 bits per heavy atom. The molecule has 0 bridgehead atoms. The number of aromatic nitrogens is 3. The normalized spacial score (nSPS) is 11.0. The van der Waals surface area contributed by atoms with Crippen LogP contribution in [0.3, 0.4) is 0 Å². The SMILES string of the molecule is O=S(=O)(CCOc1ccccc1)NCCNc1cc(Nc2ccccn2)ncn1. The van der Waals surface area contributed by atoms with E-state index in [0.717, 1.165) is 0 Å². The van der Waals surface area contributed by atoms with Crippen LogP contribution in [0.25, 0.3) is 0 Å². The average molecular weight is 414 g/mol. The molecule has 0 unspecified atom stereocenters. The predicted octanol–water partition coefficient (Wildman–Crippen LogP) is 2.03. The summed E-state index contributed by atoms with van der Waals surface area (Å²) in [6, 6.07) is 16.3. The molecular formula is C19H22N6O3S. The molecule has 0 atom stereocenters. The lowest BCUT2D eigenvalue weighted by molar-refractivity contribution is 0.340. The van der Waals surface area contributed by atoms with Crippen LogP contribution in [0.4, 0.5) is 17.5 Å². The first-order valence-electron chi connectivity index (χ1n) is 9.00. The van der Waals surface area contributed by atoms with Gasteiger partial charge in [0.1, 0.15) is 36.1 Å². The molecule has 0 aliphatic carbocycles. The van der Waals surface area contributed by atoms with E-state index in [-0.39, 0.29) is 18.9 Å². The zero-order valence-corrected chi connectivity index (χ0v) is 16.5. The van der Waals surface area contributed by atoms with E-state index in [2.05, 4.69) is 30.3 Å². The second kappa shape index (κ2) is 10.3. The largest absolute Gasteiger partial charge is 0.492 e. The quantitative estimate of drug-likeness (QED) is 0.408. The number of hydrogen-bond acceptors (Lipinski definition) is 8. The fourth-order valence-electron chi connectivity index (χ4n) is 2.35. The molecule has 3 N–H and O–H groups in total. The topological polar surface area (TPSA) is 118 Å². The van der Waals surface area contributed by atoms with E-state index in [0.29, 0.717) is 29.7 Å². The van der Waals surface area contributed by atoms with Crippen LogP contribution in [0.1, 0.15) is 0 Å². The van der Waals surface area contributed by atoms with Crippen molar-refractivity contribution in [2.75, 3.05) is 36.1 Å². The van der Waals surface area contributed by atoms with Gasteiger partial charge in [0.2, 0.25) is 10.0 Å². The van der Waals surface area contributed by atoms with Crippen molar-refractivity contribution < 1.29 is 13.2 Å². The predicted molar refractivity (Wildman–Crippen MR) is 112 cm³/mol. The number of nitrogens with one attached hydrogen (secondary N) is 3. The molecule has 0 spiro atoms. The van der Waals surface area contributed by atoms with E-state index in [1.165, 1.54) is 6.33 Å². The lowest BCUT2D eigenvalue weighted by Gasteiger charge is -2.10. The average Bonchev–Trinajstić information content (AvgIpc) is 2.73. The number of para-hydroxylation sites is 1. The highest BCUT2D eigenvalue weighted by molar-refractivity contribution is 7.89. The fourth-order valence-corrected chi connectivity index (χ4v) is 3.21. The summed E-state index contributed by atoms with van der Waals surface area (Å²) in [5, 5.41) is 6.12. The second-order valence-corrected chi connectivity index (χ2v) is 7.86. The monoisotopic (exact) mass is 414 g/mol. The summed E-state index contributed by atoms with van der Waals surface area (Å²) in [6.07, 6.45) is 3.10. The van der Waals surface area contributed by atoms with Crippen LogP contribution in [0.2, 0.25) is 0 Å². The lowest BCUT2D eigenvalue weighted by atomic mass is 10.3. The maximum absolute atomic E-state index is 12.0. The molecule has 152 valence electrons. The zero-order valence-electron chi connectivity index (χ0n) is 15.7. The fraction of sp³-hybridized carbons (Fsp3) is 0.211. The van der Waals surface area contributed by atoms with Gasteiger partial charge in [0, 0.05) is 25.4 Å². The molecule has 10 heteroatoms. The second-order valence-electron chi connectivity index (χ2n) is 5.93. The Kier molecular flexibility index (Phi) is 7.31. The Morgan fingerprint density at radius 2 is 1.66 bits per heavy atom. The van der Waals surface area contributed by atoms with Gasteiger partial charge in [-0.1, -0.05) is 24.3 Å². The highest BCUT2D eigenvalue weighted by Gasteiger charge is 2.10. The summed E-state index contributed by atoms with van der Waals surface area (Å²) in [7, 11) is -3.42. The number of ether oxygens (including phenoxy) is 1. The van der Waals surface area contributed by atoms with Crippen LogP contribution in [0.15, 0.2) is 67.1 Å². The molecule has 0 radical (unpaired) electrons. The summed E-state index contributed by atoms with van der Waals surface area (Å²) >= 11 is 0. The number of nitrogens with zero attached hydrogens (tertiary/aromatic N) is 3. The van der Waals surface area contributed by atoms with Crippen molar-refractivity contribution in [1.82, 2.24) is 19.7 Å². The van der Waals surface area contributed by atoms with Crippen molar-refractivity contribution in [1.29, 1.82) is 0 Å². The number of rotatable bonds is 11. The third-order valence-corrected chi connectivity index (χ3v) is 5.05. The van der Waals surface area contributed by atoms with Gasteiger partial charge in [-0.25, -0.2) is 28.1 Å². The molecule has 2 heterocycles. The van der Waals surface area contributed by atoms with Crippen molar-refractivity contribution in [3.05, 3.63) is 67.1 Å². The van der Waals surface area contributed by atoms with E-state index in [9.17, 15) is 8.42 Å². The Labute approximate surface area is 169 Å². The molecule has 0 saturated heterocycles. The van der Waals surface area contributed by atoms with Crippen molar-refractivity contribution in [3.8, 4) is 5.75 Å². The number of hydrogen-bond donors (Lipinski definition) is 3. The molecule has 3 rings (SSSR count). The molecule has 29 heavy (non-hydrogen) atoms. The summed E-state index contributed by atoms with van der Waals surface area (Å²) in [5.74, 6) is 2.35. The first-order chi connectivity index (χ1) is 14.1. The van der Waals surface area contributed by atoms with Crippen molar-refractivity contribution in [2.45, 2.75) is 0 Å². The molecule has 0 aliphatic rings. The minimum absolute atomic E-state index is 0.0846. The first-order valence-corrected chi connectivity index (χ1v) is 10.7. The van der Waals surface area contributed by atoms with Crippen molar-refractivity contribution in [3.63, 3.8) is 0 Å². The van der Waals surface area contributed by atoms with Crippen molar-refractivity contribution in [2.24, 2.45) is 0 Å². The number of benzene rings is 1. The van der Waals surface area contributed by atoms with E-state index in [1.54, 1.807) is 24.4 Å². The molecular weight excluding hydrogens is 392 g/mol. The number of sulfonamides is 1. The third kappa shape index (κ3) is 7.35. The molecule has 0 aliphatic heterocycles. The van der Waals surface area contributed by atoms with Crippen LogP contribution in [-0.2, 0) is 10.0 Å². The standard InChI is InChI=1S/C19H22N6O3S/c26-29(27,13-12-28-16-6-2-1-3-7-16)24-11-10-21-18-14-19(23-15-22-18)25-17-8-4-5-9-20-17/h1-9,14-15,24H,10-13H2,(H2,20,21,22,23,25). The highest BCUT2D eigenvalue weighted by Crippen LogP contribution is 2.13. The first kappa shape index (κ1) is 20.5. The highest BCUT2D eigenvalue weighted by atomic mass is 32.2.